The molecule has 24 heavy (non-hydrogen) atoms. The maximum Gasteiger partial charge on any atom is 0.0832 e. The molecule has 0 radical (unpaired) electrons. The van der Waals surface area contributed by atoms with Gasteiger partial charge in [0, 0.05) is 22.8 Å². The quantitative estimate of drug-likeness (QED) is 0.783. The molecule has 0 unspecified atom stereocenters. The van der Waals surface area contributed by atoms with E-state index >= 15 is 0 Å². The van der Waals surface area contributed by atoms with Gasteiger partial charge in [-0.05, 0) is 42.8 Å². The highest BCUT2D eigenvalue weighted by atomic mass is 35.5. The molecule has 0 amide bonds. The number of aliphatic hydroxyl groups is 1. The third-order valence-electron chi connectivity index (χ3n) is 4.48. The first-order valence-corrected chi connectivity index (χ1v) is 8.32. The number of hydrogen-bond acceptors (Lipinski definition) is 5. The van der Waals surface area contributed by atoms with Crippen molar-refractivity contribution in [2.24, 2.45) is 0 Å². The highest BCUT2D eigenvalue weighted by Crippen LogP contribution is 2.39. The van der Waals surface area contributed by atoms with Crippen molar-refractivity contribution >= 4 is 28.7 Å². The molecule has 2 heterocycles. The third-order valence-corrected chi connectivity index (χ3v) is 4.73. The number of halogens is 1. The number of nitrogens with zero attached hydrogens (tertiary/aromatic N) is 2. The maximum atomic E-state index is 9.56. The molecule has 5 nitrogen and oxygen atoms in total. The molecule has 124 valence electrons. The fraction of sp³-hybridized carbons (Fsp3) is 0.222. The largest absolute Gasteiger partial charge is 0.392 e. The van der Waals surface area contributed by atoms with Crippen molar-refractivity contribution in [1.82, 2.24) is 16.0 Å². The Kier molecular flexibility index (Phi) is 3.84. The standard InChI is InChI=1S/C18H19ClN4O/c1-12-18-16-7-2-13(11-24)10-17(16)22(8-9-23(18)21-20-12)15-5-3-14(19)4-6-15/h2-7,10,20-21,24H,8-9,11H2,1H3. The van der Waals surface area contributed by atoms with Crippen molar-refractivity contribution in [2.75, 3.05) is 18.0 Å². The van der Waals surface area contributed by atoms with Crippen LogP contribution in [0.25, 0.3) is 5.70 Å². The summed E-state index contributed by atoms with van der Waals surface area (Å²) in [5, 5.41) is 12.4. The van der Waals surface area contributed by atoms with E-state index in [2.05, 4.69) is 39.9 Å². The minimum atomic E-state index is 0.0278. The summed E-state index contributed by atoms with van der Waals surface area (Å²) in [6.07, 6.45) is 0. The van der Waals surface area contributed by atoms with Crippen LogP contribution in [0.2, 0.25) is 5.02 Å². The van der Waals surface area contributed by atoms with Crippen molar-refractivity contribution in [2.45, 2.75) is 13.5 Å². The van der Waals surface area contributed by atoms with Gasteiger partial charge in [0.25, 0.3) is 0 Å². The van der Waals surface area contributed by atoms with Crippen LogP contribution in [0, 0.1) is 0 Å². The predicted molar refractivity (Wildman–Crippen MR) is 96.4 cm³/mol. The van der Waals surface area contributed by atoms with E-state index in [1.807, 2.05) is 30.3 Å². The van der Waals surface area contributed by atoms with Gasteiger partial charge in [-0.1, -0.05) is 23.7 Å². The molecule has 0 saturated heterocycles. The van der Waals surface area contributed by atoms with E-state index in [1.54, 1.807) is 0 Å². The second-order valence-electron chi connectivity index (χ2n) is 6.00. The highest BCUT2D eigenvalue weighted by Gasteiger charge is 2.29. The van der Waals surface area contributed by atoms with Crippen LogP contribution in [0.5, 0.6) is 0 Å². The molecular formula is C18H19ClN4O. The fourth-order valence-electron chi connectivity index (χ4n) is 3.29. The van der Waals surface area contributed by atoms with Crippen molar-refractivity contribution < 1.29 is 5.11 Å². The van der Waals surface area contributed by atoms with E-state index in [-0.39, 0.29) is 6.61 Å². The van der Waals surface area contributed by atoms with Gasteiger partial charge in [-0.15, -0.1) is 5.53 Å². The topological polar surface area (TPSA) is 50.8 Å². The number of rotatable bonds is 2. The SMILES string of the molecule is CC1=C2c3ccc(CO)cc3N(c3ccc(Cl)cc3)CCN2NN1. The van der Waals surface area contributed by atoms with Gasteiger partial charge in [-0.25, -0.2) is 0 Å². The predicted octanol–water partition coefficient (Wildman–Crippen LogP) is 3.00. The molecule has 2 aromatic carbocycles. The Bertz CT molecular complexity index is 803. The van der Waals surface area contributed by atoms with Crippen molar-refractivity contribution in [3.63, 3.8) is 0 Å². The number of hydrogen-bond donors (Lipinski definition) is 3. The van der Waals surface area contributed by atoms with E-state index in [4.69, 9.17) is 11.6 Å². The minimum absolute atomic E-state index is 0.0278. The van der Waals surface area contributed by atoms with Crippen LogP contribution in [0.4, 0.5) is 11.4 Å². The van der Waals surface area contributed by atoms with Crippen LogP contribution in [0.3, 0.4) is 0 Å². The van der Waals surface area contributed by atoms with Gasteiger partial charge in [-0.3, -0.25) is 5.01 Å². The smallest absolute Gasteiger partial charge is 0.0832 e. The molecule has 0 spiro atoms. The summed E-state index contributed by atoms with van der Waals surface area (Å²) < 4.78 is 0. The van der Waals surface area contributed by atoms with Crippen LogP contribution in [-0.2, 0) is 6.61 Å². The molecule has 2 aliphatic rings. The van der Waals surface area contributed by atoms with E-state index in [9.17, 15) is 5.11 Å². The van der Waals surface area contributed by atoms with Crippen LogP contribution in [0.15, 0.2) is 48.2 Å². The Labute approximate surface area is 146 Å². The van der Waals surface area contributed by atoms with E-state index < -0.39 is 0 Å². The maximum absolute atomic E-state index is 9.56. The lowest BCUT2D eigenvalue weighted by molar-refractivity contribution is 0.282. The molecule has 2 aromatic rings. The lowest BCUT2D eigenvalue weighted by atomic mass is 10.0. The summed E-state index contributed by atoms with van der Waals surface area (Å²) in [7, 11) is 0. The van der Waals surface area contributed by atoms with Crippen molar-refractivity contribution in [3.8, 4) is 0 Å². The van der Waals surface area contributed by atoms with Crippen LogP contribution in [0.1, 0.15) is 18.1 Å². The molecule has 0 atom stereocenters. The van der Waals surface area contributed by atoms with E-state index in [0.29, 0.717) is 0 Å². The zero-order valence-electron chi connectivity index (χ0n) is 13.4. The number of nitrogens with one attached hydrogen (secondary N) is 2. The number of benzene rings is 2. The molecule has 0 bridgehead atoms. The first-order valence-electron chi connectivity index (χ1n) is 7.95. The first kappa shape index (κ1) is 15.3. The molecule has 0 aliphatic carbocycles. The fourth-order valence-corrected chi connectivity index (χ4v) is 3.42. The van der Waals surface area contributed by atoms with Gasteiger partial charge in [-0.2, -0.15) is 0 Å². The Morgan fingerprint density at radius 2 is 1.92 bits per heavy atom. The summed E-state index contributed by atoms with van der Waals surface area (Å²) in [6, 6.07) is 14.0. The summed E-state index contributed by atoms with van der Waals surface area (Å²) in [4.78, 5) is 2.27. The number of allylic oxidation sites excluding steroid dienone is 1. The average molecular weight is 343 g/mol. The zero-order chi connectivity index (χ0) is 16.7. The lowest BCUT2D eigenvalue weighted by Gasteiger charge is -2.25. The highest BCUT2D eigenvalue weighted by molar-refractivity contribution is 6.30. The van der Waals surface area contributed by atoms with Gasteiger partial charge < -0.3 is 15.4 Å². The molecular weight excluding hydrogens is 324 g/mol. The van der Waals surface area contributed by atoms with Gasteiger partial charge in [0.05, 0.1) is 30.2 Å². The second kappa shape index (κ2) is 6.02. The van der Waals surface area contributed by atoms with Crippen LogP contribution >= 0.6 is 11.6 Å². The average Bonchev–Trinajstić information content (AvgIpc) is 2.88. The second-order valence-corrected chi connectivity index (χ2v) is 6.44. The van der Waals surface area contributed by atoms with Crippen molar-refractivity contribution in [3.05, 3.63) is 64.3 Å². The monoisotopic (exact) mass is 342 g/mol. The Morgan fingerprint density at radius 1 is 1.12 bits per heavy atom. The molecule has 0 fully saturated rings. The number of aliphatic hydroxyl groups excluding tert-OH is 1. The lowest BCUT2D eigenvalue weighted by Crippen LogP contribution is -2.40. The Balaban J connectivity index is 1.89. The normalized spacial score (nSPS) is 16.6. The number of anilines is 2. The molecule has 3 N–H and O–H groups in total. The molecule has 0 aromatic heterocycles. The molecule has 2 aliphatic heterocycles. The summed E-state index contributed by atoms with van der Waals surface area (Å²) >= 11 is 6.04. The summed E-state index contributed by atoms with van der Waals surface area (Å²) in [5.74, 6) is 0. The summed E-state index contributed by atoms with van der Waals surface area (Å²) in [5.41, 5.74) is 12.8. The number of hydrazine groups is 2. The van der Waals surface area contributed by atoms with Crippen LogP contribution in [-0.4, -0.2) is 23.2 Å². The zero-order valence-corrected chi connectivity index (χ0v) is 14.1. The Morgan fingerprint density at radius 3 is 2.67 bits per heavy atom. The first-order chi connectivity index (χ1) is 11.7. The van der Waals surface area contributed by atoms with Gasteiger partial charge in [0.2, 0.25) is 0 Å². The van der Waals surface area contributed by atoms with Crippen molar-refractivity contribution in [1.29, 1.82) is 0 Å². The minimum Gasteiger partial charge on any atom is -0.392 e. The molecule has 6 heteroatoms. The van der Waals surface area contributed by atoms with Gasteiger partial charge in [0.1, 0.15) is 0 Å². The molecule has 0 saturated carbocycles. The van der Waals surface area contributed by atoms with Gasteiger partial charge in [0.15, 0.2) is 0 Å². The van der Waals surface area contributed by atoms with E-state index in [0.717, 1.165) is 52.0 Å². The summed E-state index contributed by atoms with van der Waals surface area (Å²) in [6.45, 7) is 3.73. The Hall–Kier alpha value is -2.21. The number of fused-ring (bicyclic) bond motifs is 3. The van der Waals surface area contributed by atoms with Crippen LogP contribution < -0.4 is 15.9 Å². The van der Waals surface area contributed by atoms with E-state index in [1.165, 1.54) is 0 Å². The van der Waals surface area contributed by atoms with Gasteiger partial charge >= 0.3 is 0 Å². The molecule has 4 rings (SSSR count). The third kappa shape index (κ3) is 2.51.